The molecule has 2 heterocycles. The Morgan fingerprint density at radius 1 is 1.35 bits per heavy atom. The van der Waals surface area contributed by atoms with Crippen molar-refractivity contribution >= 4 is 33.4 Å². The van der Waals surface area contributed by atoms with Crippen molar-refractivity contribution in [1.82, 2.24) is 10.2 Å². The Labute approximate surface area is 151 Å². The molecule has 1 saturated heterocycles. The molecule has 0 aromatic carbocycles. The first-order chi connectivity index (χ1) is 10.9. The molecule has 4 N–H and O–H groups in total. The maximum absolute atomic E-state index is 11.6. The van der Waals surface area contributed by atoms with Gasteiger partial charge < -0.3 is 10.8 Å². The van der Waals surface area contributed by atoms with Gasteiger partial charge >= 0.3 is 0 Å². The van der Waals surface area contributed by atoms with E-state index in [1.807, 2.05) is 0 Å². The largest absolute Gasteiger partial charge is 0.385 e. The zero-order chi connectivity index (χ0) is 16.4. The van der Waals surface area contributed by atoms with E-state index in [0.29, 0.717) is 22.7 Å². The van der Waals surface area contributed by atoms with Crippen LogP contribution in [0, 0.1) is 5.92 Å². The van der Waals surface area contributed by atoms with Gasteiger partial charge in [-0.05, 0) is 45.6 Å². The van der Waals surface area contributed by atoms with E-state index < -0.39 is 5.60 Å². The normalized spacial score (nSPS) is 53.7. The van der Waals surface area contributed by atoms with Gasteiger partial charge in [0.2, 0.25) is 0 Å². The summed E-state index contributed by atoms with van der Waals surface area (Å²) in [6.45, 7) is 0. The summed E-state index contributed by atoms with van der Waals surface area (Å²) in [4.78, 5) is 7.47. The number of likely N-dealkylation sites (N-methyl/N-ethyl adjacent to an activating group) is 1. The minimum atomic E-state index is -1.11. The summed E-state index contributed by atoms with van der Waals surface area (Å²) in [6.07, 6.45) is 5.91. The molecule has 0 aromatic heterocycles. The number of aliphatic hydroxyl groups is 1. The molecule has 3 fully saturated rings. The number of hydrogen-bond acceptors (Lipinski definition) is 5. The fourth-order valence-corrected chi connectivity index (χ4v) is 6.25. The van der Waals surface area contributed by atoms with Crippen LogP contribution >= 0.6 is 27.5 Å². The third-order valence-electron chi connectivity index (χ3n) is 6.50. The van der Waals surface area contributed by atoms with Crippen LogP contribution in [0.4, 0.5) is 0 Å². The van der Waals surface area contributed by atoms with E-state index in [2.05, 4.69) is 38.2 Å². The van der Waals surface area contributed by atoms with Crippen LogP contribution in [0.3, 0.4) is 0 Å². The molecule has 130 valence electrons. The molecule has 0 amide bonds. The van der Waals surface area contributed by atoms with Crippen molar-refractivity contribution in [3.63, 3.8) is 0 Å². The van der Waals surface area contributed by atoms with E-state index in [9.17, 15) is 5.11 Å². The van der Waals surface area contributed by atoms with Gasteiger partial charge in [-0.3, -0.25) is 15.2 Å². The second-order valence-corrected chi connectivity index (χ2v) is 9.65. The van der Waals surface area contributed by atoms with Crippen LogP contribution in [0.15, 0.2) is 4.99 Å². The predicted octanol–water partition coefficient (Wildman–Crippen LogP) is 1.41. The number of hydrogen-bond donors (Lipinski definition) is 3. The zero-order valence-electron chi connectivity index (χ0n) is 13.5. The number of alkyl halides is 2. The zero-order valence-corrected chi connectivity index (χ0v) is 15.8. The second kappa shape index (κ2) is 5.84. The van der Waals surface area contributed by atoms with Crippen molar-refractivity contribution in [3.05, 3.63) is 0 Å². The maximum Gasteiger partial charge on any atom is 0.154 e. The van der Waals surface area contributed by atoms with Gasteiger partial charge in [0.1, 0.15) is 5.84 Å². The highest BCUT2D eigenvalue weighted by molar-refractivity contribution is 9.09. The van der Waals surface area contributed by atoms with Crippen molar-refractivity contribution in [1.29, 1.82) is 0 Å². The molecule has 2 aliphatic carbocycles. The molecule has 0 aromatic rings. The SMILES string of the molecule is CN1C2CCC(Br)CC2NC1C1(O)C(N)=NC2CCC(Cl)CC21. The standard InChI is InChI=1S/C16H26BrClN4O/c1-22-13-5-2-8(17)6-12(13)21-15(22)16(23)10-7-9(18)3-4-11(10)20-14(16)19/h8-13,15,21,23H,2-7H2,1H3,(H2,19,20). The molecule has 4 rings (SSSR count). The van der Waals surface area contributed by atoms with Crippen molar-refractivity contribution in [2.75, 3.05) is 7.05 Å². The average Bonchev–Trinajstić information content (AvgIpc) is 2.96. The summed E-state index contributed by atoms with van der Waals surface area (Å²) < 4.78 is 0. The van der Waals surface area contributed by atoms with Gasteiger partial charge in [-0.2, -0.15) is 0 Å². The third kappa shape index (κ3) is 2.48. The fourth-order valence-electron chi connectivity index (χ4n) is 5.26. The van der Waals surface area contributed by atoms with Crippen molar-refractivity contribution in [2.45, 2.75) is 78.6 Å². The minimum Gasteiger partial charge on any atom is -0.385 e. The topological polar surface area (TPSA) is 73.9 Å². The number of halogens is 2. The van der Waals surface area contributed by atoms with Crippen LogP contribution in [0.1, 0.15) is 38.5 Å². The highest BCUT2D eigenvalue weighted by Gasteiger charge is 2.60. The van der Waals surface area contributed by atoms with Gasteiger partial charge in [-0.1, -0.05) is 15.9 Å². The number of nitrogens with two attached hydrogens (primary N) is 1. The Morgan fingerprint density at radius 2 is 2.13 bits per heavy atom. The number of nitrogens with one attached hydrogen (secondary N) is 1. The molecule has 7 heteroatoms. The molecule has 8 atom stereocenters. The first kappa shape index (κ1) is 16.6. The lowest BCUT2D eigenvalue weighted by molar-refractivity contribution is -0.0369. The highest BCUT2D eigenvalue weighted by atomic mass is 79.9. The van der Waals surface area contributed by atoms with E-state index in [1.165, 1.54) is 6.42 Å². The summed E-state index contributed by atoms with van der Waals surface area (Å²) in [5.41, 5.74) is 5.15. The molecule has 0 spiro atoms. The monoisotopic (exact) mass is 404 g/mol. The van der Waals surface area contributed by atoms with E-state index in [0.717, 1.165) is 32.1 Å². The van der Waals surface area contributed by atoms with Gasteiger partial charge in [0.25, 0.3) is 0 Å². The van der Waals surface area contributed by atoms with Gasteiger partial charge in [0.15, 0.2) is 5.60 Å². The molecule has 4 aliphatic rings. The predicted molar refractivity (Wildman–Crippen MR) is 96.2 cm³/mol. The molecule has 0 radical (unpaired) electrons. The first-order valence-corrected chi connectivity index (χ1v) is 10.1. The summed E-state index contributed by atoms with van der Waals surface area (Å²) >= 11 is 10.1. The smallest absolute Gasteiger partial charge is 0.154 e. The van der Waals surface area contributed by atoms with Crippen LogP contribution in [0.5, 0.6) is 0 Å². The van der Waals surface area contributed by atoms with E-state index in [4.69, 9.17) is 17.3 Å². The molecular weight excluding hydrogens is 380 g/mol. The van der Waals surface area contributed by atoms with E-state index in [-0.39, 0.29) is 23.5 Å². The Kier molecular flexibility index (Phi) is 4.21. The Hall–Kier alpha value is 0.120. The van der Waals surface area contributed by atoms with Gasteiger partial charge in [-0.15, -0.1) is 11.6 Å². The summed E-state index contributed by atoms with van der Waals surface area (Å²) in [6, 6.07) is 0.978. The molecule has 8 unspecified atom stereocenters. The summed E-state index contributed by atoms with van der Waals surface area (Å²) in [7, 11) is 2.11. The highest BCUT2D eigenvalue weighted by Crippen LogP contribution is 2.46. The van der Waals surface area contributed by atoms with Crippen LogP contribution in [-0.2, 0) is 0 Å². The lowest BCUT2D eigenvalue weighted by atomic mass is 9.74. The number of rotatable bonds is 1. The van der Waals surface area contributed by atoms with Crippen LogP contribution in [0.2, 0.25) is 0 Å². The van der Waals surface area contributed by atoms with E-state index in [1.54, 1.807) is 0 Å². The quantitative estimate of drug-likeness (QED) is 0.577. The number of nitrogens with zero attached hydrogens (tertiary/aromatic N) is 2. The van der Waals surface area contributed by atoms with E-state index >= 15 is 0 Å². The number of amidine groups is 1. The molecule has 23 heavy (non-hydrogen) atoms. The van der Waals surface area contributed by atoms with Crippen LogP contribution in [0.25, 0.3) is 0 Å². The van der Waals surface area contributed by atoms with Gasteiger partial charge in [0, 0.05) is 28.2 Å². The lowest BCUT2D eigenvalue weighted by Gasteiger charge is -2.43. The van der Waals surface area contributed by atoms with Crippen molar-refractivity contribution in [2.24, 2.45) is 16.6 Å². The minimum absolute atomic E-state index is 0.0265. The first-order valence-electron chi connectivity index (χ1n) is 8.73. The summed E-state index contributed by atoms with van der Waals surface area (Å²) in [5.74, 6) is 0.426. The third-order valence-corrected chi connectivity index (χ3v) is 7.73. The number of fused-ring (bicyclic) bond motifs is 2. The van der Waals surface area contributed by atoms with Crippen molar-refractivity contribution < 1.29 is 5.11 Å². The van der Waals surface area contributed by atoms with Gasteiger partial charge in [-0.25, -0.2) is 0 Å². The Bertz CT molecular complexity index is 520. The number of aliphatic imine (C=N–C) groups is 1. The Morgan fingerprint density at radius 3 is 2.91 bits per heavy atom. The van der Waals surface area contributed by atoms with Crippen LogP contribution < -0.4 is 11.1 Å². The summed E-state index contributed by atoms with van der Waals surface area (Å²) in [5, 5.41) is 15.4. The van der Waals surface area contributed by atoms with Crippen molar-refractivity contribution in [3.8, 4) is 0 Å². The molecule has 5 nitrogen and oxygen atoms in total. The molecule has 2 aliphatic heterocycles. The Balaban J connectivity index is 1.62. The molecular formula is C16H26BrClN4O. The average molecular weight is 406 g/mol. The maximum atomic E-state index is 11.6. The second-order valence-electron chi connectivity index (χ2n) is 7.74. The molecule has 2 saturated carbocycles. The van der Waals surface area contributed by atoms with Crippen LogP contribution in [-0.4, -0.2) is 63.0 Å². The molecule has 0 bridgehead atoms. The lowest BCUT2D eigenvalue weighted by Crippen LogP contribution is -2.65. The van der Waals surface area contributed by atoms with Gasteiger partial charge in [0.05, 0.1) is 12.2 Å². The fraction of sp³-hybridized carbons (Fsp3) is 0.938.